The molecule has 0 saturated carbocycles. The fourth-order valence-electron chi connectivity index (χ4n) is 2.26. The van der Waals surface area contributed by atoms with E-state index in [2.05, 4.69) is 43.0 Å². The molecule has 0 bridgehead atoms. The minimum absolute atomic E-state index is 0.739. The number of hydrogen-bond donors (Lipinski definition) is 0. The number of benzene rings is 2. The molecule has 0 aliphatic carbocycles. The van der Waals surface area contributed by atoms with Crippen molar-refractivity contribution in [1.82, 2.24) is 0 Å². The maximum absolute atomic E-state index is 9.24. The standard InChI is InChI=1S/C17H18N2/c1-3-19(4-2)17-12-15(10-11-16(17)13-18)14-8-6-5-7-9-14/h5-12H,3-4H2,1-2H3. The summed E-state index contributed by atoms with van der Waals surface area (Å²) in [6, 6.07) is 18.6. The van der Waals surface area contributed by atoms with Crippen LogP contribution in [0.5, 0.6) is 0 Å². The smallest absolute Gasteiger partial charge is 0.101 e. The molecule has 0 fully saturated rings. The van der Waals surface area contributed by atoms with Gasteiger partial charge >= 0.3 is 0 Å². The van der Waals surface area contributed by atoms with Gasteiger partial charge in [-0.2, -0.15) is 5.26 Å². The molecule has 0 radical (unpaired) electrons. The predicted molar refractivity (Wildman–Crippen MR) is 80.2 cm³/mol. The van der Waals surface area contributed by atoms with Gasteiger partial charge in [0.05, 0.1) is 11.3 Å². The normalized spacial score (nSPS) is 9.95. The van der Waals surface area contributed by atoms with Crippen LogP contribution in [0.3, 0.4) is 0 Å². The first-order chi connectivity index (χ1) is 9.30. The molecule has 0 amide bonds. The highest BCUT2D eigenvalue weighted by Crippen LogP contribution is 2.27. The first-order valence-electron chi connectivity index (χ1n) is 6.64. The number of nitriles is 1. The third kappa shape index (κ3) is 2.77. The Hall–Kier alpha value is -2.27. The summed E-state index contributed by atoms with van der Waals surface area (Å²) in [7, 11) is 0. The van der Waals surface area contributed by atoms with Gasteiger partial charge in [0.25, 0.3) is 0 Å². The van der Waals surface area contributed by atoms with E-state index in [1.165, 1.54) is 5.56 Å². The van der Waals surface area contributed by atoms with Gasteiger partial charge in [0.15, 0.2) is 0 Å². The van der Waals surface area contributed by atoms with Gasteiger partial charge in [-0.1, -0.05) is 36.4 Å². The van der Waals surface area contributed by atoms with Crippen molar-refractivity contribution in [3.05, 3.63) is 54.1 Å². The van der Waals surface area contributed by atoms with E-state index in [1.807, 2.05) is 30.3 Å². The van der Waals surface area contributed by atoms with Crippen molar-refractivity contribution in [2.45, 2.75) is 13.8 Å². The SMILES string of the molecule is CCN(CC)c1cc(-c2ccccc2)ccc1C#N. The van der Waals surface area contributed by atoms with Gasteiger partial charge in [-0.3, -0.25) is 0 Å². The molecule has 19 heavy (non-hydrogen) atoms. The lowest BCUT2D eigenvalue weighted by molar-refractivity contribution is 0.865. The number of hydrogen-bond acceptors (Lipinski definition) is 2. The van der Waals surface area contributed by atoms with E-state index < -0.39 is 0 Å². The zero-order valence-electron chi connectivity index (χ0n) is 11.4. The molecule has 2 nitrogen and oxygen atoms in total. The molecule has 0 spiro atoms. The second-order valence-corrected chi connectivity index (χ2v) is 4.38. The number of anilines is 1. The third-order valence-corrected chi connectivity index (χ3v) is 3.33. The van der Waals surface area contributed by atoms with Crippen LogP contribution in [0, 0.1) is 11.3 Å². The average Bonchev–Trinajstić information content (AvgIpc) is 2.49. The van der Waals surface area contributed by atoms with Crippen LogP contribution in [0.2, 0.25) is 0 Å². The second kappa shape index (κ2) is 6.06. The molecule has 0 atom stereocenters. The monoisotopic (exact) mass is 250 g/mol. The summed E-state index contributed by atoms with van der Waals surface area (Å²) in [6.07, 6.45) is 0. The van der Waals surface area contributed by atoms with Gasteiger partial charge in [0.1, 0.15) is 6.07 Å². The summed E-state index contributed by atoms with van der Waals surface area (Å²) < 4.78 is 0. The van der Waals surface area contributed by atoms with Crippen molar-refractivity contribution in [2.24, 2.45) is 0 Å². The molecule has 96 valence electrons. The van der Waals surface area contributed by atoms with Crippen molar-refractivity contribution in [1.29, 1.82) is 5.26 Å². The zero-order valence-corrected chi connectivity index (χ0v) is 11.4. The maximum atomic E-state index is 9.24. The fourth-order valence-corrected chi connectivity index (χ4v) is 2.26. The van der Waals surface area contributed by atoms with Gasteiger partial charge in [0.2, 0.25) is 0 Å². The Bertz CT molecular complexity index is 578. The Morgan fingerprint density at radius 1 is 0.947 bits per heavy atom. The van der Waals surface area contributed by atoms with Crippen LogP contribution in [0.4, 0.5) is 5.69 Å². The van der Waals surface area contributed by atoms with Crippen molar-refractivity contribution >= 4 is 5.69 Å². The van der Waals surface area contributed by atoms with E-state index in [0.717, 1.165) is 29.9 Å². The quantitative estimate of drug-likeness (QED) is 0.817. The van der Waals surface area contributed by atoms with E-state index >= 15 is 0 Å². The van der Waals surface area contributed by atoms with Gasteiger partial charge in [-0.25, -0.2) is 0 Å². The third-order valence-electron chi connectivity index (χ3n) is 3.33. The number of nitrogens with zero attached hydrogens (tertiary/aromatic N) is 2. The molecule has 2 aromatic carbocycles. The molecule has 2 aromatic rings. The molecule has 0 aliphatic heterocycles. The summed E-state index contributed by atoms with van der Waals surface area (Å²) in [5, 5.41) is 9.24. The van der Waals surface area contributed by atoms with E-state index in [-0.39, 0.29) is 0 Å². The Kier molecular flexibility index (Phi) is 4.20. The Morgan fingerprint density at radius 2 is 1.63 bits per heavy atom. The lowest BCUT2D eigenvalue weighted by Gasteiger charge is -2.23. The summed E-state index contributed by atoms with van der Waals surface area (Å²) in [4.78, 5) is 2.21. The van der Waals surface area contributed by atoms with Crippen molar-refractivity contribution in [3.8, 4) is 17.2 Å². The van der Waals surface area contributed by atoms with E-state index in [4.69, 9.17) is 0 Å². The van der Waals surface area contributed by atoms with Crippen LogP contribution < -0.4 is 4.90 Å². The Balaban J connectivity index is 2.50. The lowest BCUT2D eigenvalue weighted by atomic mass is 10.0. The molecule has 0 heterocycles. The number of rotatable bonds is 4. The molecule has 0 aliphatic rings. The summed E-state index contributed by atoms with van der Waals surface area (Å²) in [5.74, 6) is 0. The Morgan fingerprint density at radius 3 is 2.21 bits per heavy atom. The van der Waals surface area contributed by atoms with Gasteiger partial charge in [0, 0.05) is 13.1 Å². The molecule has 0 aromatic heterocycles. The first-order valence-corrected chi connectivity index (χ1v) is 6.64. The topological polar surface area (TPSA) is 27.0 Å². The summed E-state index contributed by atoms with van der Waals surface area (Å²) >= 11 is 0. The average molecular weight is 250 g/mol. The van der Waals surface area contributed by atoms with Gasteiger partial charge in [-0.05, 0) is 37.1 Å². The molecular formula is C17H18N2. The Labute approximate surface area is 114 Å². The van der Waals surface area contributed by atoms with Crippen LogP contribution in [0.25, 0.3) is 11.1 Å². The minimum atomic E-state index is 0.739. The highest BCUT2D eigenvalue weighted by molar-refractivity contribution is 5.72. The van der Waals surface area contributed by atoms with Crippen molar-refractivity contribution in [2.75, 3.05) is 18.0 Å². The highest BCUT2D eigenvalue weighted by atomic mass is 15.1. The lowest BCUT2D eigenvalue weighted by Crippen LogP contribution is -2.22. The summed E-state index contributed by atoms with van der Waals surface area (Å²) in [5.41, 5.74) is 4.10. The molecular weight excluding hydrogens is 232 g/mol. The molecule has 0 saturated heterocycles. The van der Waals surface area contributed by atoms with E-state index in [9.17, 15) is 5.26 Å². The minimum Gasteiger partial charge on any atom is -0.371 e. The maximum Gasteiger partial charge on any atom is 0.101 e. The largest absolute Gasteiger partial charge is 0.371 e. The van der Waals surface area contributed by atoms with Gasteiger partial charge in [-0.15, -0.1) is 0 Å². The van der Waals surface area contributed by atoms with Crippen molar-refractivity contribution in [3.63, 3.8) is 0 Å². The van der Waals surface area contributed by atoms with Crippen LogP contribution in [0.1, 0.15) is 19.4 Å². The first kappa shape index (κ1) is 13.2. The van der Waals surface area contributed by atoms with Crippen LogP contribution >= 0.6 is 0 Å². The van der Waals surface area contributed by atoms with Gasteiger partial charge < -0.3 is 4.90 Å². The van der Waals surface area contributed by atoms with Crippen LogP contribution in [-0.2, 0) is 0 Å². The van der Waals surface area contributed by atoms with E-state index in [1.54, 1.807) is 0 Å². The molecule has 0 N–H and O–H groups in total. The molecule has 0 unspecified atom stereocenters. The van der Waals surface area contributed by atoms with Crippen LogP contribution in [0.15, 0.2) is 48.5 Å². The van der Waals surface area contributed by atoms with E-state index in [0.29, 0.717) is 0 Å². The zero-order chi connectivity index (χ0) is 13.7. The summed E-state index contributed by atoms with van der Waals surface area (Å²) in [6.45, 7) is 6.03. The second-order valence-electron chi connectivity index (χ2n) is 4.38. The fraction of sp³-hybridized carbons (Fsp3) is 0.235. The molecule has 2 heteroatoms. The van der Waals surface area contributed by atoms with Crippen molar-refractivity contribution < 1.29 is 0 Å². The van der Waals surface area contributed by atoms with Crippen LogP contribution in [-0.4, -0.2) is 13.1 Å². The highest BCUT2D eigenvalue weighted by Gasteiger charge is 2.09. The predicted octanol–water partition coefficient (Wildman–Crippen LogP) is 4.07. The molecule has 2 rings (SSSR count).